The number of aromatic nitrogens is 1. The number of hydrogen-bond acceptors (Lipinski definition) is 4. The Bertz CT molecular complexity index is 768. The first kappa shape index (κ1) is 15.0. The molecule has 1 atom stereocenters. The van der Waals surface area contributed by atoms with E-state index in [-0.39, 0.29) is 0 Å². The number of thiazole rings is 1. The highest BCUT2D eigenvalue weighted by Crippen LogP contribution is 2.22. The summed E-state index contributed by atoms with van der Waals surface area (Å²) in [6, 6.07) is 15.4. The third kappa shape index (κ3) is 3.62. The molecule has 0 saturated heterocycles. The van der Waals surface area contributed by atoms with Gasteiger partial charge in [0.1, 0.15) is 16.4 Å². The second kappa shape index (κ2) is 6.87. The van der Waals surface area contributed by atoms with Crippen molar-refractivity contribution in [3.05, 3.63) is 71.2 Å². The lowest BCUT2D eigenvalue weighted by molar-refractivity contribution is 0.597. The molecule has 1 aromatic heterocycles. The van der Waals surface area contributed by atoms with Crippen LogP contribution in [0.15, 0.2) is 69.4 Å². The highest BCUT2D eigenvalue weighted by molar-refractivity contribution is 7.90. The van der Waals surface area contributed by atoms with Crippen molar-refractivity contribution in [2.24, 2.45) is 4.40 Å². The van der Waals surface area contributed by atoms with Gasteiger partial charge in [-0.2, -0.15) is 0 Å². The van der Waals surface area contributed by atoms with E-state index in [0.717, 1.165) is 21.7 Å². The van der Waals surface area contributed by atoms with Crippen LogP contribution in [0.3, 0.4) is 0 Å². The zero-order valence-electron chi connectivity index (χ0n) is 12.0. The molecule has 0 saturated carbocycles. The molecule has 1 heterocycles. The molecule has 0 aliphatic heterocycles. The summed E-state index contributed by atoms with van der Waals surface area (Å²) in [4.78, 5) is 5.00. The molecule has 0 radical (unpaired) electrons. The Hall–Kier alpha value is -1.95. The van der Waals surface area contributed by atoms with Crippen molar-refractivity contribution in [2.75, 3.05) is 0 Å². The molecule has 0 amide bonds. The van der Waals surface area contributed by atoms with Crippen molar-refractivity contribution in [2.45, 2.75) is 11.8 Å². The maximum Gasteiger partial charge on any atom is 0.182 e. The fraction of sp³-hybridized carbons (Fsp3) is 0.0588. The van der Waals surface area contributed by atoms with E-state index in [1.165, 1.54) is 0 Å². The number of rotatable bonds is 4. The molecule has 3 rings (SSSR count). The SMILES string of the molecule is Cc1ccc([S@@+]([O-])/N=C/c2cccc(-c3nccs3)c2)cc1. The van der Waals surface area contributed by atoms with Crippen LogP contribution in [0.25, 0.3) is 10.6 Å². The molecule has 0 spiro atoms. The van der Waals surface area contributed by atoms with E-state index in [1.807, 2.05) is 60.8 Å². The number of aryl methyl sites for hydroxylation is 1. The number of hydrogen-bond donors (Lipinski definition) is 0. The molecule has 110 valence electrons. The Balaban J connectivity index is 1.77. The van der Waals surface area contributed by atoms with E-state index in [0.29, 0.717) is 4.90 Å². The normalized spacial score (nSPS) is 12.6. The van der Waals surface area contributed by atoms with Gasteiger partial charge in [0, 0.05) is 17.1 Å². The van der Waals surface area contributed by atoms with Gasteiger partial charge >= 0.3 is 0 Å². The van der Waals surface area contributed by atoms with Crippen molar-refractivity contribution >= 4 is 28.9 Å². The van der Waals surface area contributed by atoms with Gasteiger partial charge in [0.05, 0.1) is 6.21 Å². The van der Waals surface area contributed by atoms with Crippen molar-refractivity contribution < 1.29 is 4.55 Å². The van der Waals surface area contributed by atoms with Gasteiger partial charge in [-0.1, -0.05) is 40.3 Å². The van der Waals surface area contributed by atoms with E-state index in [1.54, 1.807) is 23.7 Å². The Kier molecular flexibility index (Phi) is 4.68. The Labute approximate surface area is 136 Å². The van der Waals surface area contributed by atoms with E-state index < -0.39 is 11.4 Å². The van der Waals surface area contributed by atoms with Crippen LogP contribution in [0, 0.1) is 6.92 Å². The average molecular weight is 326 g/mol. The number of nitrogens with zero attached hydrogens (tertiary/aromatic N) is 2. The fourth-order valence-electron chi connectivity index (χ4n) is 1.94. The zero-order valence-corrected chi connectivity index (χ0v) is 13.6. The summed E-state index contributed by atoms with van der Waals surface area (Å²) in [6.07, 6.45) is 3.43. The van der Waals surface area contributed by atoms with Crippen LogP contribution >= 0.6 is 11.3 Å². The molecular formula is C17H14N2OS2. The van der Waals surface area contributed by atoms with Crippen LogP contribution < -0.4 is 0 Å². The monoisotopic (exact) mass is 326 g/mol. The molecule has 0 aliphatic rings. The third-order valence-corrected chi connectivity index (χ3v) is 4.88. The average Bonchev–Trinajstić information content (AvgIpc) is 3.08. The minimum absolute atomic E-state index is 0.706. The summed E-state index contributed by atoms with van der Waals surface area (Å²) < 4.78 is 16.3. The summed E-state index contributed by atoms with van der Waals surface area (Å²) in [5.41, 5.74) is 3.09. The Morgan fingerprint density at radius 3 is 2.73 bits per heavy atom. The minimum atomic E-state index is -1.38. The fourth-order valence-corrected chi connectivity index (χ4v) is 3.29. The van der Waals surface area contributed by atoms with Crippen LogP contribution in [0.2, 0.25) is 0 Å². The Morgan fingerprint density at radius 2 is 2.00 bits per heavy atom. The predicted molar refractivity (Wildman–Crippen MR) is 92.7 cm³/mol. The molecule has 0 fully saturated rings. The largest absolute Gasteiger partial charge is 0.586 e. The first-order valence-corrected chi connectivity index (χ1v) is 8.73. The van der Waals surface area contributed by atoms with E-state index in [9.17, 15) is 4.55 Å². The van der Waals surface area contributed by atoms with Crippen molar-refractivity contribution in [1.82, 2.24) is 4.98 Å². The number of benzene rings is 2. The summed E-state index contributed by atoms with van der Waals surface area (Å²) in [5, 5.41) is 2.91. The van der Waals surface area contributed by atoms with Crippen LogP contribution in [0.4, 0.5) is 0 Å². The highest BCUT2D eigenvalue weighted by atomic mass is 32.2. The van der Waals surface area contributed by atoms with Crippen molar-refractivity contribution in [3.63, 3.8) is 0 Å². The molecule has 2 aromatic carbocycles. The smallest absolute Gasteiger partial charge is 0.182 e. The van der Waals surface area contributed by atoms with Gasteiger partial charge in [0.2, 0.25) is 0 Å². The lowest BCUT2D eigenvalue weighted by Crippen LogP contribution is -1.97. The molecule has 3 nitrogen and oxygen atoms in total. The van der Waals surface area contributed by atoms with Gasteiger partial charge in [0.15, 0.2) is 4.90 Å². The summed E-state index contributed by atoms with van der Waals surface area (Å²) in [5.74, 6) is 0. The summed E-state index contributed by atoms with van der Waals surface area (Å²) >= 11 is 0.213. The first-order valence-electron chi connectivity index (χ1n) is 6.75. The van der Waals surface area contributed by atoms with Gasteiger partial charge in [-0.05, 0) is 30.7 Å². The lowest BCUT2D eigenvalue weighted by Gasteiger charge is -2.03. The van der Waals surface area contributed by atoms with Crippen molar-refractivity contribution in [1.29, 1.82) is 0 Å². The topological polar surface area (TPSA) is 48.3 Å². The predicted octanol–water partition coefficient (Wildman–Crippen LogP) is 4.26. The second-order valence-corrected chi connectivity index (χ2v) is 6.83. The molecule has 0 N–H and O–H groups in total. The molecule has 0 unspecified atom stereocenters. The van der Waals surface area contributed by atoms with E-state index >= 15 is 0 Å². The van der Waals surface area contributed by atoms with Gasteiger partial charge < -0.3 is 4.55 Å². The maximum absolute atomic E-state index is 12.1. The molecular weight excluding hydrogens is 312 g/mol. The molecule has 3 aromatic rings. The minimum Gasteiger partial charge on any atom is -0.586 e. The van der Waals surface area contributed by atoms with E-state index in [4.69, 9.17) is 0 Å². The lowest BCUT2D eigenvalue weighted by atomic mass is 10.1. The molecule has 5 heteroatoms. The molecule has 0 aliphatic carbocycles. The second-order valence-electron chi connectivity index (χ2n) is 4.76. The Morgan fingerprint density at radius 1 is 1.18 bits per heavy atom. The summed E-state index contributed by atoms with van der Waals surface area (Å²) in [7, 11) is 0. The van der Waals surface area contributed by atoms with Gasteiger partial charge in [0.25, 0.3) is 0 Å². The van der Waals surface area contributed by atoms with Gasteiger partial charge in [-0.25, -0.2) is 4.98 Å². The molecule has 0 bridgehead atoms. The maximum atomic E-state index is 12.1. The van der Waals surface area contributed by atoms with Crippen molar-refractivity contribution in [3.8, 4) is 10.6 Å². The van der Waals surface area contributed by atoms with Crippen LogP contribution in [0.5, 0.6) is 0 Å². The standard InChI is InChI=1S/C17H14N2OS2/c1-13-5-7-16(8-6-13)22(20)19-12-14-3-2-4-15(11-14)17-18-9-10-21-17/h2-12H,1H3/b19-12+/t22-/m1/s1. The highest BCUT2D eigenvalue weighted by Gasteiger charge is 2.08. The zero-order chi connectivity index (χ0) is 15.4. The summed E-state index contributed by atoms with van der Waals surface area (Å²) in [6.45, 7) is 2.00. The quantitative estimate of drug-likeness (QED) is 0.531. The van der Waals surface area contributed by atoms with Crippen LogP contribution in [0.1, 0.15) is 11.1 Å². The first-order chi connectivity index (χ1) is 10.7. The van der Waals surface area contributed by atoms with Crippen LogP contribution in [-0.2, 0) is 11.4 Å². The van der Waals surface area contributed by atoms with E-state index in [2.05, 4.69) is 9.38 Å². The molecule has 22 heavy (non-hydrogen) atoms. The van der Waals surface area contributed by atoms with Crippen LogP contribution in [-0.4, -0.2) is 15.8 Å². The van der Waals surface area contributed by atoms with Gasteiger partial charge in [-0.3, -0.25) is 0 Å². The third-order valence-electron chi connectivity index (χ3n) is 3.09. The van der Waals surface area contributed by atoms with Gasteiger partial charge in [-0.15, -0.1) is 11.3 Å².